The van der Waals surface area contributed by atoms with E-state index in [9.17, 15) is 4.79 Å². The van der Waals surface area contributed by atoms with Gasteiger partial charge in [0.1, 0.15) is 0 Å². The molecule has 1 aliphatic heterocycles. The van der Waals surface area contributed by atoms with Crippen molar-refractivity contribution in [1.82, 2.24) is 10.2 Å². The van der Waals surface area contributed by atoms with Gasteiger partial charge in [0, 0.05) is 51.9 Å². The van der Waals surface area contributed by atoms with Crippen LogP contribution in [0.2, 0.25) is 0 Å². The van der Waals surface area contributed by atoms with Crippen molar-refractivity contribution in [3.05, 3.63) is 30.3 Å². The van der Waals surface area contributed by atoms with E-state index in [4.69, 9.17) is 5.73 Å². The van der Waals surface area contributed by atoms with Crippen LogP contribution in [0.1, 0.15) is 6.42 Å². The smallest absolute Gasteiger partial charge is 0.224 e. The molecule has 1 aromatic carbocycles. The van der Waals surface area contributed by atoms with Crippen molar-refractivity contribution in [2.75, 3.05) is 44.7 Å². The minimum absolute atomic E-state index is 0.166. The highest BCUT2D eigenvalue weighted by atomic mass is 16.2. The van der Waals surface area contributed by atoms with Crippen LogP contribution in [-0.2, 0) is 4.79 Å². The van der Waals surface area contributed by atoms with E-state index < -0.39 is 0 Å². The average molecular weight is 289 g/mol. The summed E-state index contributed by atoms with van der Waals surface area (Å²) in [4.78, 5) is 20.1. The first kappa shape index (κ1) is 15.2. The molecular weight excluding hydrogens is 266 g/mol. The van der Waals surface area contributed by atoms with Crippen LogP contribution in [0.3, 0.4) is 0 Å². The molecule has 1 aromatic rings. The van der Waals surface area contributed by atoms with Gasteiger partial charge in [0.25, 0.3) is 0 Å². The number of piperazine rings is 1. The molecule has 1 fully saturated rings. The number of nitrogens with zero attached hydrogens (tertiary/aromatic N) is 3. The number of para-hydroxylation sites is 1. The van der Waals surface area contributed by atoms with Gasteiger partial charge in [0.05, 0.1) is 0 Å². The van der Waals surface area contributed by atoms with Gasteiger partial charge in [0.15, 0.2) is 5.96 Å². The van der Waals surface area contributed by atoms with Gasteiger partial charge in [-0.05, 0) is 12.1 Å². The Bertz CT molecular complexity index is 480. The molecule has 1 aliphatic rings. The summed E-state index contributed by atoms with van der Waals surface area (Å²) < 4.78 is 0. The Labute approximate surface area is 125 Å². The second kappa shape index (κ2) is 7.52. The van der Waals surface area contributed by atoms with Crippen molar-refractivity contribution in [2.45, 2.75) is 6.42 Å². The number of carbonyl (C=O) groups excluding carboxylic acids is 1. The molecular formula is C15H23N5O. The molecule has 6 nitrogen and oxygen atoms in total. The number of hydrogen-bond acceptors (Lipinski definition) is 3. The molecule has 6 heteroatoms. The summed E-state index contributed by atoms with van der Waals surface area (Å²) in [5.41, 5.74) is 6.75. The molecule has 1 saturated heterocycles. The molecule has 0 saturated carbocycles. The summed E-state index contributed by atoms with van der Waals surface area (Å²) in [6.45, 7) is 3.82. The van der Waals surface area contributed by atoms with E-state index in [1.807, 2.05) is 23.1 Å². The van der Waals surface area contributed by atoms with E-state index in [2.05, 4.69) is 27.3 Å². The third-order valence-electron chi connectivity index (χ3n) is 3.64. The number of carbonyl (C=O) groups is 1. The van der Waals surface area contributed by atoms with Crippen molar-refractivity contribution >= 4 is 17.6 Å². The zero-order valence-corrected chi connectivity index (χ0v) is 12.5. The number of anilines is 1. The highest BCUT2D eigenvalue weighted by molar-refractivity contribution is 5.80. The van der Waals surface area contributed by atoms with Gasteiger partial charge < -0.3 is 20.9 Å². The maximum absolute atomic E-state index is 12.1. The molecule has 0 bridgehead atoms. The van der Waals surface area contributed by atoms with Gasteiger partial charge in [-0.2, -0.15) is 0 Å². The first-order valence-electron chi connectivity index (χ1n) is 7.24. The summed E-state index contributed by atoms with van der Waals surface area (Å²) in [5.74, 6) is 0.538. The number of nitrogens with two attached hydrogens (primary N) is 1. The summed E-state index contributed by atoms with van der Waals surface area (Å²) in [6.07, 6.45) is 0.446. The lowest BCUT2D eigenvalue weighted by Gasteiger charge is -2.36. The monoisotopic (exact) mass is 289 g/mol. The van der Waals surface area contributed by atoms with Crippen LogP contribution in [0.25, 0.3) is 0 Å². The van der Waals surface area contributed by atoms with Gasteiger partial charge in [-0.15, -0.1) is 0 Å². The molecule has 3 N–H and O–H groups in total. The number of guanidine groups is 1. The Morgan fingerprint density at radius 2 is 1.90 bits per heavy atom. The average Bonchev–Trinajstić information content (AvgIpc) is 2.55. The number of amides is 1. The van der Waals surface area contributed by atoms with E-state index in [1.54, 1.807) is 7.05 Å². The van der Waals surface area contributed by atoms with Crippen LogP contribution >= 0.6 is 0 Å². The SMILES string of the molecule is CN=C(N)NCCC(=O)N1CCN(c2ccccc2)CC1. The maximum atomic E-state index is 12.1. The molecule has 114 valence electrons. The standard InChI is InChI=1S/C15H23N5O/c1-17-15(16)18-8-7-14(21)20-11-9-19(10-12-20)13-5-3-2-4-6-13/h2-6H,7-12H2,1H3,(H3,16,17,18). The van der Waals surface area contributed by atoms with Crippen LogP contribution in [-0.4, -0.2) is 56.5 Å². The van der Waals surface area contributed by atoms with Crippen molar-refractivity contribution in [3.63, 3.8) is 0 Å². The zero-order chi connectivity index (χ0) is 15.1. The molecule has 0 spiro atoms. The van der Waals surface area contributed by atoms with E-state index in [0.717, 1.165) is 26.2 Å². The lowest BCUT2D eigenvalue weighted by molar-refractivity contribution is -0.131. The Kier molecular flexibility index (Phi) is 5.43. The van der Waals surface area contributed by atoms with Gasteiger partial charge >= 0.3 is 0 Å². The van der Waals surface area contributed by atoms with Crippen molar-refractivity contribution in [1.29, 1.82) is 0 Å². The van der Waals surface area contributed by atoms with Gasteiger partial charge in [-0.1, -0.05) is 18.2 Å². The van der Waals surface area contributed by atoms with E-state index in [0.29, 0.717) is 18.9 Å². The molecule has 0 atom stereocenters. The molecule has 1 amide bonds. The number of rotatable bonds is 4. The van der Waals surface area contributed by atoms with Gasteiger partial charge in [0.2, 0.25) is 5.91 Å². The third-order valence-corrected chi connectivity index (χ3v) is 3.64. The van der Waals surface area contributed by atoms with Crippen molar-refractivity contribution < 1.29 is 4.79 Å². The van der Waals surface area contributed by atoms with Crippen LogP contribution in [0.5, 0.6) is 0 Å². The lowest BCUT2D eigenvalue weighted by atomic mass is 10.2. The summed E-state index contributed by atoms with van der Waals surface area (Å²) in [5, 5.41) is 2.91. The fraction of sp³-hybridized carbons (Fsp3) is 0.467. The normalized spacial score (nSPS) is 16.0. The van der Waals surface area contributed by atoms with E-state index >= 15 is 0 Å². The first-order valence-corrected chi connectivity index (χ1v) is 7.24. The van der Waals surface area contributed by atoms with E-state index in [-0.39, 0.29) is 5.91 Å². The second-order valence-electron chi connectivity index (χ2n) is 4.99. The highest BCUT2D eigenvalue weighted by Gasteiger charge is 2.20. The summed E-state index contributed by atoms with van der Waals surface area (Å²) >= 11 is 0. The zero-order valence-electron chi connectivity index (χ0n) is 12.5. The first-order chi connectivity index (χ1) is 10.2. The van der Waals surface area contributed by atoms with Crippen LogP contribution < -0.4 is 16.0 Å². The fourth-order valence-corrected chi connectivity index (χ4v) is 2.39. The number of benzene rings is 1. The minimum atomic E-state index is 0.166. The molecule has 0 radical (unpaired) electrons. The quantitative estimate of drug-likeness (QED) is 0.616. The number of nitrogens with one attached hydrogen (secondary N) is 1. The van der Waals surface area contributed by atoms with Crippen LogP contribution in [0, 0.1) is 0 Å². The van der Waals surface area contributed by atoms with Gasteiger partial charge in [-0.3, -0.25) is 9.79 Å². The molecule has 1 heterocycles. The second-order valence-corrected chi connectivity index (χ2v) is 4.99. The lowest BCUT2D eigenvalue weighted by Crippen LogP contribution is -2.49. The Balaban J connectivity index is 1.74. The van der Waals surface area contributed by atoms with Crippen molar-refractivity contribution in [3.8, 4) is 0 Å². The largest absolute Gasteiger partial charge is 0.370 e. The Hall–Kier alpha value is -2.24. The van der Waals surface area contributed by atoms with Gasteiger partial charge in [-0.25, -0.2) is 0 Å². The third kappa shape index (κ3) is 4.37. The molecule has 0 unspecified atom stereocenters. The predicted octanol–water partition coefficient (Wildman–Crippen LogP) is 0.259. The van der Waals surface area contributed by atoms with Crippen LogP contribution in [0.4, 0.5) is 5.69 Å². The highest BCUT2D eigenvalue weighted by Crippen LogP contribution is 2.15. The predicted molar refractivity (Wildman–Crippen MR) is 85.4 cm³/mol. The van der Waals surface area contributed by atoms with E-state index in [1.165, 1.54) is 5.69 Å². The summed E-state index contributed by atoms with van der Waals surface area (Å²) in [7, 11) is 1.62. The Morgan fingerprint density at radius 1 is 1.24 bits per heavy atom. The maximum Gasteiger partial charge on any atom is 0.224 e. The molecule has 21 heavy (non-hydrogen) atoms. The summed E-state index contributed by atoms with van der Waals surface area (Å²) in [6, 6.07) is 10.3. The molecule has 0 aromatic heterocycles. The molecule has 2 rings (SSSR count). The fourth-order valence-electron chi connectivity index (χ4n) is 2.39. The topological polar surface area (TPSA) is 74.0 Å². The molecule has 0 aliphatic carbocycles. The number of hydrogen-bond donors (Lipinski definition) is 2. The Morgan fingerprint density at radius 3 is 2.52 bits per heavy atom. The minimum Gasteiger partial charge on any atom is -0.370 e. The van der Waals surface area contributed by atoms with Crippen molar-refractivity contribution in [2.24, 2.45) is 10.7 Å². The number of aliphatic imine (C=N–C) groups is 1. The van der Waals surface area contributed by atoms with Crippen LogP contribution in [0.15, 0.2) is 35.3 Å².